The molecule has 1 N–H and O–H groups in total. The van der Waals surface area contributed by atoms with E-state index in [-0.39, 0.29) is 0 Å². The molecule has 0 bridgehead atoms. The Hall–Kier alpha value is -2.66. The Morgan fingerprint density at radius 2 is 1.96 bits per heavy atom. The lowest BCUT2D eigenvalue weighted by atomic mass is 10.1. The number of aryl methyl sites for hydroxylation is 1. The Labute approximate surface area is 148 Å². The second kappa shape index (κ2) is 7.94. The summed E-state index contributed by atoms with van der Waals surface area (Å²) in [6.45, 7) is 4.25. The lowest BCUT2D eigenvalue weighted by molar-refractivity contribution is 0.253. The predicted molar refractivity (Wildman–Crippen MR) is 102 cm³/mol. The number of nitrogens with zero attached hydrogens (tertiary/aromatic N) is 3. The Morgan fingerprint density at radius 1 is 1.12 bits per heavy atom. The number of fused-ring (bicyclic) bond motifs is 1. The Balaban J connectivity index is 1.66. The number of likely N-dealkylation sites (N-methyl/N-ethyl adjacent to an activating group) is 1. The van der Waals surface area contributed by atoms with E-state index < -0.39 is 0 Å². The molecule has 0 atom stereocenters. The highest BCUT2D eigenvalue weighted by molar-refractivity contribution is 5.81. The summed E-state index contributed by atoms with van der Waals surface area (Å²) in [5.74, 6) is 1.56. The SMILES string of the molecule is Cc1cc2ccccc2nc1NCc1ccnc(OCCN(C)C)c1. The van der Waals surface area contributed by atoms with E-state index in [9.17, 15) is 0 Å². The van der Waals surface area contributed by atoms with Gasteiger partial charge in [0.2, 0.25) is 5.88 Å². The second-order valence-corrected chi connectivity index (χ2v) is 6.35. The monoisotopic (exact) mass is 336 g/mol. The normalized spacial score (nSPS) is 11.0. The third kappa shape index (κ3) is 4.67. The summed E-state index contributed by atoms with van der Waals surface area (Å²) in [5.41, 5.74) is 3.25. The fourth-order valence-corrected chi connectivity index (χ4v) is 2.56. The average molecular weight is 336 g/mol. The lowest BCUT2D eigenvalue weighted by Gasteiger charge is -2.12. The molecule has 3 rings (SSSR count). The van der Waals surface area contributed by atoms with Crippen LogP contribution in [0.5, 0.6) is 5.88 Å². The van der Waals surface area contributed by atoms with Gasteiger partial charge in [0.15, 0.2) is 0 Å². The summed E-state index contributed by atoms with van der Waals surface area (Å²) in [6, 6.07) is 14.3. The molecule has 0 unspecified atom stereocenters. The van der Waals surface area contributed by atoms with E-state index in [0.29, 0.717) is 19.0 Å². The highest BCUT2D eigenvalue weighted by Crippen LogP contribution is 2.20. The van der Waals surface area contributed by atoms with Gasteiger partial charge in [-0.3, -0.25) is 0 Å². The maximum atomic E-state index is 5.69. The van der Waals surface area contributed by atoms with Crippen molar-refractivity contribution >= 4 is 16.7 Å². The Kier molecular flexibility index (Phi) is 5.46. The van der Waals surface area contributed by atoms with Crippen LogP contribution < -0.4 is 10.1 Å². The molecule has 0 aliphatic rings. The largest absolute Gasteiger partial charge is 0.476 e. The number of aromatic nitrogens is 2. The molecule has 25 heavy (non-hydrogen) atoms. The van der Waals surface area contributed by atoms with Gasteiger partial charge in [-0.25, -0.2) is 9.97 Å². The van der Waals surface area contributed by atoms with Gasteiger partial charge in [-0.2, -0.15) is 0 Å². The summed E-state index contributed by atoms with van der Waals surface area (Å²) in [6.07, 6.45) is 1.78. The molecular weight excluding hydrogens is 312 g/mol. The van der Waals surface area contributed by atoms with Crippen LogP contribution in [0.25, 0.3) is 10.9 Å². The van der Waals surface area contributed by atoms with Crippen LogP contribution in [-0.2, 0) is 6.54 Å². The molecule has 0 aliphatic heterocycles. The smallest absolute Gasteiger partial charge is 0.213 e. The number of rotatable bonds is 7. The molecule has 130 valence electrons. The molecule has 0 aliphatic carbocycles. The predicted octanol–water partition coefficient (Wildman–Crippen LogP) is 3.49. The molecule has 0 spiro atoms. The van der Waals surface area contributed by atoms with Crippen molar-refractivity contribution in [1.82, 2.24) is 14.9 Å². The number of ether oxygens (including phenoxy) is 1. The average Bonchev–Trinajstić information content (AvgIpc) is 2.60. The van der Waals surface area contributed by atoms with E-state index in [0.717, 1.165) is 34.4 Å². The minimum atomic E-state index is 0.627. The molecule has 0 saturated carbocycles. The third-order valence-corrected chi connectivity index (χ3v) is 3.96. The summed E-state index contributed by atoms with van der Waals surface area (Å²) in [5, 5.41) is 4.58. The molecule has 0 fully saturated rings. The van der Waals surface area contributed by atoms with Crippen molar-refractivity contribution in [2.75, 3.05) is 32.6 Å². The first-order chi connectivity index (χ1) is 12.1. The number of para-hydroxylation sites is 1. The van der Waals surface area contributed by atoms with Crippen molar-refractivity contribution in [3.05, 3.63) is 59.8 Å². The molecule has 0 amide bonds. The summed E-state index contributed by atoms with van der Waals surface area (Å²) in [4.78, 5) is 11.1. The molecule has 2 heterocycles. The van der Waals surface area contributed by atoms with E-state index in [1.54, 1.807) is 6.20 Å². The molecular formula is C20H24N4O. The fraction of sp³-hybridized carbons (Fsp3) is 0.300. The van der Waals surface area contributed by atoms with Crippen LogP contribution in [0.1, 0.15) is 11.1 Å². The zero-order valence-electron chi connectivity index (χ0n) is 15.0. The number of benzene rings is 1. The van der Waals surface area contributed by atoms with Crippen LogP contribution in [0.3, 0.4) is 0 Å². The van der Waals surface area contributed by atoms with Gasteiger partial charge in [-0.15, -0.1) is 0 Å². The lowest BCUT2D eigenvalue weighted by Crippen LogP contribution is -2.19. The summed E-state index contributed by atoms with van der Waals surface area (Å²) in [7, 11) is 4.05. The first kappa shape index (κ1) is 17.2. The van der Waals surface area contributed by atoms with Crippen LogP contribution in [0.2, 0.25) is 0 Å². The van der Waals surface area contributed by atoms with Gasteiger partial charge in [0.1, 0.15) is 12.4 Å². The van der Waals surface area contributed by atoms with Gasteiger partial charge in [0.05, 0.1) is 5.52 Å². The third-order valence-electron chi connectivity index (χ3n) is 3.96. The minimum Gasteiger partial charge on any atom is -0.476 e. The Morgan fingerprint density at radius 3 is 2.80 bits per heavy atom. The number of anilines is 1. The highest BCUT2D eigenvalue weighted by atomic mass is 16.5. The molecule has 5 nitrogen and oxygen atoms in total. The van der Waals surface area contributed by atoms with Crippen LogP contribution in [-0.4, -0.2) is 42.1 Å². The topological polar surface area (TPSA) is 50.3 Å². The first-order valence-corrected chi connectivity index (χ1v) is 8.44. The van der Waals surface area contributed by atoms with Crippen molar-refractivity contribution in [3.63, 3.8) is 0 Å². The first-order valence-electron chi connectivity index (χ1n) is 8.44. The minimum absolute atomic E-state index is 0.627. The molecule has 0 radical (unpaired) electrons. The van der Waals surface area contributed by atoms with Gasteiger partial charge < -0.3 is 15.0 Å². The van der Waals surface area contributed by atoms with Crippen molar-refractivity contribution in [3.8, 4) is 5.88 Å². The van der Waals surface area contributed by atoms with Crippen molar-refractivity contribution < 1.29 is 4.74 Å². The van der Waals surface area contributed by atoms with Crippen molar-refractivity contribution in [2.24, 2.45) is 0 Å². The maximum Gasteiger partial charge on any atom is 0.213 e. The zero-order valence-corrected chi connectivity index (χ0v) is 15.0. The van der Waals surface area contributed by atoms with Crippen LogP contribution in [0.4, 0.5) is 5.82 Å². The fourth-order valence-electron chi connectivity index (χ4n) is 2.56. The van der Waals surface area contributed by atoms with Crippen molar-refractivity contribution in [2.45, 2.75) is 13.5 Å². The van der Waals surface area contributed by atoms with Crippen LogP contribution >= 0.6 is 0 Å². The van der Waals surface area contributed by atoms with Crippen LogP contribution in [0.15, 0.2) is 48.7 Å². The quantitative estimate of drug-likeness (QED) is 0.716. The zero-order chi connectivity index (χ0) is 17.6. The summed E-state index contributed by atoms with van der Waals surface area (Å²) >= 11 is 0. The second-order valence-electron chi connectivity index (χ2n) is 6.35. The Bertz CT molecular complexity index is 848. The van der Waals surface area contributed by atoms with Crippen LogP contribution in [0, 0.1) is 6.92 Å². The van der Waals surface area contributed by atoms with Gasteiger partial charge in [0.25, 0.3) is 0 Å². The molecule has 3 aromatic rings. The highest BCUT2D eigenvalue weighted by Gasteiger charge is 2.04. The van der Waals surface area contributed by atoms with E-state index in [1.165, 1.54) is 0 Å². The number of nitrogens with one attached hydrogen (secondary N) is 1. The standard InChI is InChI=1S/C20H24N4O/c1-15-12-17-6-4-5-7-18(17)23-20(15)22-14-16-8-9-21-19(13-16)25-11-10-24(2)3/h4-9,12-13H,10-11,14H2,1-3H3,(H,22,23). The van der Waals surface area contributed by atoms with Gasteiger partial charge in [-0.1, -0.05) is 18.2 Å². The maximum absolute atomic E-state index is 5.69. The van der Waals surface area contributed by atoms with E-state index in [4.69, 9.17) is 9.72 Å². The van der Waals surface area contributed by atoms with E-state index >= 15 is 0 Å². The molecule has 0 saturated heterocycles. The molecule has 5 heteroatoms. The van der Waals surface area contributed by atoms with E-state index in [1.807, 2.05) is 44.4 Å². The van der Waals surface area contributed by atoms with Crippen molar-refractivity contribution in [1.29, 1.82) is 0 Å². The summed E-state index contributed by atoms with van der Waals surface area (Å²) < 4.78 is 5.69. The van der Waals surface area contributed by atoms with E-state index in [2.05, 4.69) is 34.3 Å². The number of hydrogen-bond acceptors (Lipinski definition) is 5. The number of pyridine rings is 2. The molecule has 2 aromatic heterocycles. The van der Waals surface area contributed by atoms with Gasteiger partial charge in [0, 0.05) is 30.7 Å². The molecule has 1 aromatic carbocycles. The number of hydrogen-bond donors (Lipinski definition) is 1. The van der Waals surface area contributed by atoms with Gasteiger partial charge >= 0.3 is 0 Å². The van der Waals surface area contributed by atoms with Gasteiger partial charge in [-0.05, 0) is 50.3 Å².